The maximum Gasteiger partial charge on any atom is 0.245 e. The highest BCUT2D eigenvalue weighted by atomic mass is 16.2. The standard InChI is InChI=1S/C14H24N2O2/c1-4-11-5-7-12(8-6-11)16-10(3)13(17)15-9(2)14(16)18/h9-12H,4-8H2,1-3H3,(H,15,17). The molecule has 1 saturated heterocycles. The van der Waals surface area contributed by atoms with E-state index in [4.69, 9.17) is 0 Å². The average Bonchev–Trinajstić information content (AvgIpc) is 2.37. The summed E-state index contributed by atoms with van der Waals surface area (Å²) in [6.45, 7) is 5.84. The third kappa shape index (κ3) is 2.38. The summed E-state index contributed by atoms with van der Waals surface area (Å²) in [5, 5.41) is 2.74. The average molecular weight is 252 g/mol. The van der Waals surface area contributed by atoms with E-state index in [1.54, 1.807) is 6.92 Å². The summed E-state index contributed by atoms with van der Waals surface area (Å²) in [5.41, 5.74) is 0. The van der Waals surface area contributed by atoms with E-state index in [-0.39, 0.29) is 29.9 Å². The third-order valence-electron chi connectivity index (χ3n) is 4.57. The van der Waals surface area contributed by atoms with Gasteiger partial charge in [0.25, 0.3) is 0 Å². The van der Waals surface area contributed by atoms with Crippen LogP contribution >= 0.6 is 0 Å². The molecule has 2 atom stereocenters. The van der Waals surface area contributed by atoms with Gasteiger partial charge < -0.3 is 10.2 Å². The van der Waals surface area contributed by atoms with Gasteiger partial charge in [-0.1, -0.05) is 13.3 Å². The molecular weight excluding hydrogens is 228 g/mol. The molecule has 0 aromatic heterocycles. The molecule has 2 fully saturated rings. The molecule has 2 unspecified atom stereocenters. The highest BCUT2D eigenvalue weighted by Gasteiger charge is 2.40. The number of amides is 2. The molecule has 18 heavy (non-hydrogen) atoms. The molecule has 4 heteroatoms. The first-order valence-corrected chi connectivity index (χ1v) is 7.17. The van der Waals surface area contributed by atoms with Crippen LogP contribution in [0.5, 0.6) is 0 Å². The Bertz CT molecular complexity index is 335. The molecule has 2 aliphatic rings. The maximum atomic E-state index is 12.2. The van der Waals surface area contributed by atoms with Gasteiger partial charge >= 0.3 is 0 Å². The molecule has 0 aromatic rings. The van der Waals surface area contributed by atoms with Crippen LogP contribution in [0.15, 0.2) is 0 Å². The number of nitrogens with zero attached hydrogens (tertiary/aromatic N) is 1. The Morgan fingerprint density at radius 2 is 1.78 bits per heavy atom. The molecule has 2 rings (SSSR count). The number of hydrogen-bond donors (Lipinski definition) is 1. The Kier molecular flexibility index (Phi) is 3.93. The fourth-order valence-corrected chi connectivity index (χ4v) is 3.26. The zero-order valence-electron chi connectivity index (χ0n) is 11.6. The van der Waals surface area contributed by atoms with Crippen molar-refractivity contribution in [2.45, 2.75) is 71.0 Å². The minimum absolute atomic E-state index is 0.0142. The van der Waals surface area contributed by atoms with Crippen molar-refractivity contribution in [3.8, 4) is 0 Å². The van der Waals surface area contributed by atoms with Crippen LogP contribution in [0.2, 0.25) is 0 Å². The number of nitrogens with one attached hydrogen (secondary N) is 1. The van der Waals surface area contributed by atoms with E-state index in [1.807, 2.05) is 11.8 Å². The highest BCUT2D eigenvalue weighted by molar-refractivity contribution is 5.96. The normalized spacial score (nSPS) is 37.6. The lowest BCUT2D eigenvalue weighted by atomic mass is 9.83. The minimum atomic E-state index is -0.363. The van der Waals surface area contributed by atoms with Crippen LogP contribution in [0.1, 0.15) is 52.9 Å². The number of rotatable bonds is 2. The van der Waals surface area contributed by atoms with Gasteiger partial charge in [0.2, 0.25) is 11.8 Å². The van der Waals surface area contributed by atoms with Crippen molar-refractivity contribution in [1.29, 1.82) is 0 Å². The van der Waals surface area contributed by atoms with Crippen LogP contribution in [0.25, 0.3) is 0 Å². The molecule has 1 heterocycles. The maximum absolute atomic E-state index is 12.2. The SMILES string of the molecule is CCC1CCC(N2C(=O)C(C)NC(=O)C2C)CC1. The number of carbonyl (C=O) groups excluding carboxylic acids is 2. The first-order valence-electron chi connectivity index (χ1n) is 7.17. The summed E-state index contributed by atoms with van der Waals surface area (Å²) in [4.78, 5) is 25.9. The van der Waals surface area contributed by atoms with Gasteiger partial charge in [-0.05, 0) is 45.4 Å². The van der Waals surface area contributed by atoms with Crippen molar-refractivity contribution in [1.82, 2.24) is 10.2 Å². The first-order chi connectivity index (χ1) is 8.54. The molecule has 4 nitrogen and oxygen atoms in total. The Balaban J connectivity index is 2.06. The fraction of sp³-hybridized carbons (Fsp3) is 0.857. The van der Waals surface area contributed by atoms with E-state index in [1.165, 1.54) is 19.3 Å². The molecular formula is C14H24N2O2. The summed E-state index contributed by atoms with van der Waals surface area (Å²) < 4.78 is 0. The number of hydrogen-bond acceptors (Lipinski definition) is 2. The van der Waals surface area contributed by atoms with E-state index >= 15 is 0 Å². The van der Waals surface area contributed by atoms with Crippen LogP contribution in [-0.4, -0.2) is 34.8 Å². The van der Waals surface area contributed by atoms with E-state index in [0.717, 1.165) is 18.8 Å². The lowest BCUT2D eigenvalue weighted by Crippen LogP contribution is -2.64. The predicted molar refractivity (Wildman–Crippen MR) is 69.9 cm³/mol. The predicted octanol–water partition coefficient (Wildman–Crippen LogP) is 1.69. The summed E-state index contributed by atoms with van der Waals surface area (Å²) in [6.07, 6.45) is 5.71. The Labute approximate surface area is 109 Å². The summed E-state index contributed by atoms with van der Waals surface area (Å²) in [7, 11) is 0. The van der Waals surface area contributed by atoms with Gasteiger partial charge in [-0.15, -0.1) is 0 Å². The topological polar surface area (TPSA) is 49.4 Å². The first kappa shape index (κ1) is 13.4. The Hall–Kier alpha value is -1.06. The molecule has 0 aromatic carbocycles. The minimum Gasteiger partial charge on any atom is -0.343 e. The smallest absolute Gasteiger partial charge is 0.245 e. The molecule has 0 bridgehead atoms. The second-order valence-corrected chi connectivity index (χ2v) is 5.73. The second-order valence-electron chi connectivity index (χ2n) is 5.73. The van der Waals surface area contributed by atoms with Crippen molar-refractivity contribution in [2.24, 2.45) is 5.92 Å². The van der Waals surface area contributed by atoms with Gasteiger partial charge in [0.15, 0.2) is 0 Å². The van der Waals surface area contributed by atoms with Crippen LogP contribution < -0.4 is 5.32 Å². The van der Waals surface area contributed by atoms with Gasteiger partial charge in [0.05, 0.1) is 0 Å². The van der Waals surface area contributed by atoms with E-state index in [2.05, 4.69) is 12.2 Å². The molecule has 2 amide bonds. The molecule has 1 N–H and O–H groups in total. The van der Waals surface area contributed by atoms with Gasteiger partial charge in [0.1, 0.15) is 12.1 Å². The van der Waals surface area contributed by atoms with Gasteiger partial charge in [0, 0.05) is 6.04 Å². The van der Waals surface area contributed by atoms with Crippen LogP contribution in [0.4, 0.5) is 0 Å². The van der Waals surface area contributed by atoms with Crippen molar-refractivity contribution >= 4 is 11.8 Å². The van der Waals surface area contributed by atoms with Crippen LogP contribution in [-0.2, 0) is 9.59 Å². The summed E-state index contributed by atoms with van der Waals surface area (Å²) >= 11 is 0. The van der Waals surface area contributed by atoms with Crippen molar-refractivity contribution in [3.63, 3.8) is 0 Å². The summed E-state index contributed by atoms with van der Waals surface area (Å²) in [5.74, 6) is 0.879. The largest absolute Gasteiger partial charge is 0.343 e. The highest BCUT2D eigenvalue weighted by Crippen LogP contribution is 2.31. The fourth-order valence-electron chi connectivity index (χ4n) is 3.26. The third-order valence-corrected chi connectivity index (χ3v) is 4.57. The lowest BCUT2D eigenvalue weighted by molar-refractivity contribution is -0.151. The zero-order chi connectivity index (χ0) is 13.3. The molecule has 0 radical (unpaired) electrons. The number of piperazine rings is 1. The molecule has 1 aliphatic carbocycles. The Morgan fingerprint density at radius 1 is 1.17 bits per heavy atom. The summed E-state index contributed by atoms with van der Waals surface area (Å²) in [6, 6.07) is -0.404. The zero-order valence-corrected chi connectivity index (χ0v) is 11.6. The van der Waals surface area contributed by atoms with E-state index in [9.17, 15) is 9.59 Å². The van der Waals surface area contributed by atoms with Crippen molar-refractivity contribution in [2.75, 3.05) is 0 Å². The quantitative estimate of drug-likeness (QED) is 0.813. The van der Waals surface area contributed by atoms with Crippen LogP contribution in [0, 0.1) is 5.92 Å². The van der Waals surface area contributed by atoms with Gasteiger partial charge in [-0.2, -0.15) is 0 Å². The molecule has 0 spiro atoms. The van der Waals surface area contributed by atoms with Gasteiger partial charge in [-0.25, -0.2) is 0 Å². The molecule has 1 saturated carbocycles. The van der Waals surface area contributed by atoms with Crippen molar-refractivity contribution < 1.29 is 9.59 Å². The Morgan fingerprint density at radius 3 is 2.33 bits per heavy atom. The monoisotopic (exact) mass is 252 g/mol. The molecule has 1 aliphatic heterocycles. The second kappa shape index (κ2) is 5.29. The van der Waals surface area contributed by atoms with Gasteiger partial charge in [-0.3, -0.25) is 9.59 Å². The molecule has 102 valence electrons. The van der Waals surface area contributed by atoms with E-state index < -0.39 is 0 Å². The van der Waals surface area contributed by atoms with E-state index in [0.29, 0.717) is 0 Å². The van der Waals surface area contributed by atoms with Crippen molar-refractivity contribution in [3.05, 3.63) is 0 Å². The lowest BCUT2D eigenvalue weighted by Gasteiger charge is -2.43. The van der Waals surface area contributed by atoms with Crippen LogP contribution in [0.3, 0.4) is 0 Å². The number of carbonyl (C=O) groups is 2.